The van der Waals surface area contributed by atoms with Gasteiger partial charge in [0.1, 0.15) is 0 Å². The molecule has 2 aliphatic rings. The maximum absolute atomic E-state index is 6.17. The Morgan fingerprint density at radius 2 is 0.651 bits per heavy atom. The Morgan fingerprint density at radius 1 is 0.419 bits per heavy atom. The molecule has 2 fully saturated rings. The molecular formula is C38H74O3S2. The lowest BCUT2D eigenvalue weighted by atomic mass is 10.0. The third-order valence-electron chi connectivity index (χ3n) is 9.56. The van der Waals surface area contributed by atoms with E-state index in [0.717, 1.165) is 13.2 Å². The highest BCUT2D eigenvalue weighted by Gasteiger charge is 2.36. The molecule has 2 saturated heterocycles. The maximum atomic E-state index is 6.17. The van der Waals surface area contributed by atoms with Gasteiger partial charge in [0.25, 0.3) is 0 Å². The molecule has 0 aromatic heterocycles. The highest BCUT2D eigenvalue weighted by Crippen LogP contribution is 2.38. The summed E-state index contributed by atoms with van der Waals surface area (Å²) in [4.78, 5) is 0. The van der Waals surface area contributed by atoms with Crippen LogP contribution in [0.15, 0.2) is 0 Å². The molecule has 0 aliphatic carbocycles. The van der Waals surface area contributed by atoms with E-state index in [9.17, 15) is 0 Å². The van der Waals surface area contributed by atoms with Crippen molar-refractivity contribution >= 4 is 24.1 Å². The molecule has 2 rings (SSSR count). The quantitative estimate of drug-likeness (QED) is 0.0386. The zero-order chi connectivity index (χ0) is 30.5. The van der Waals surface area contributed by atoms with Crippen molar-refractivity contribution in [2.75, 3.05) is 13.2 Å². The smallest absolute Gasteiger partial charge is 0.0950 e. The zero-order valence-electron chi connectivity index (χ0n) is 29.0. The average Bonchev–Trinajstić information content (AvgIpc) is 3.94. The van der Waals surface area contributed by atoms with Gasteiger partial charge in [0.2, 0.25) is 0 Å². The van der Waals surface area contributed by atoms with Gasteiger partial charge < -0.3 is 9.47 Å². The molecule has 0 saturated carbocycles. The van der Waals surface area contributed by atoms with Gasteiger partial charge in [-0.05, 0) is 12.8 Å². The van der Waals surface area contributed by atoms with E-state index < -0.39 is 0 Å². The number of hydrogen-bond donors (Lipinski definition) is 0. The largest absolute Gasteiger partial charge is 0.372 e. The van der Waals surface area contributed by atoms with Crippen molar-refractivity contribution in [1.29, 1.82) is 0 Å². The van der Waals surface area contributed by atoms with Crippen LogP contribution < -0.4 is 0 Å². The van der Waals surface area contributed by atoms with E-state index in [4.69, 9.17) is 13.1 Å². The average molecular weight is 643 g/mol. The van der Waals surface area contributed by atoms with Crippen molar-refractivity contribution in [3.8, 4) is 0 Å². The fourth-order valence-corrected chi connectivity index (χ4v) is 8.41. The standard InChI is InChI=1S/C38H74O3S2/c1-3-5-7-9-11-13-15-17-19-21-23-25-27-29-31-37(35-33-39-35)42-41-43-38(36-34-40-36)32-30-28-26-24-22-20-18-16-14-12-10-8-6-4-2/h35-38H,3-34H2,1-2H3. The first-order valence-electron chi connectivity index (χ1n) is 19.6. The van der Waals surface area contributed by atoms with Crippen LogP contribution >= 0.6 is 24.1 Å². The van der Waals surface area contributed by atoms with Crippen LogP contribution in [-0.4, -0.2) is 35.9 Å². The molecule has 5 heteroatoms. The Kier molecular flexibility index (Phi) is 27.7. The van der Waals surface area contributed by atoms with Crippen molar-refractivity contribution in [3.05, 3.63) is 0 Å². The first-order chi connectivity index (χ1) is 21.3. The molecule has 256 valence electrons. The molecule has 0 bridgehead atoms. The van der Waals surface area contributed by atoms with Crippen LogP contribution in [0.4, 0.5) is 0 Å². The van der Waals surface area contributed by atoms with Crippen molar-refractivity contribution in [3.63, 3.8) is 0 Å². The second-order valence-electron chi connectivity index (χ2n) is 13.9. The van der Waals surface area contributed by atoms with Gasteiger partial charge in [0, 0.05) is 24.1 Å². The third-order valence-corrected chi connectivity index (χ3v) is 11.8. The van der Waals surface area contributed by atoms with Gasteiger partial charge in [-0.3, -0.25) is 0 Å². The van der Waals surface area contributed by atoms with Crippen LogP contribution in [0.2, 0.25) is 0 Å². The molecule has 4 unspecified atom stereocenters. The molecule has 3 nitrogen and oxygen atoms in total. The molecule has 0 spiro atoms. The van der Waals surface area contributed by atoms with Crippen molar-refractivity contribution < 1.29 is 13.1 Å². The summed E-state index contributed by atoms with van der Waals surface area (Å²) in [5.74, 6) is 0. The SMILES string of the molecule is CCCCCCCCCCCCCCCCC(SOSC(CCCCCCCCCCCCCCCC)C1CO1)C1CO1. The Bertz CT molecular complexity index is 521. The van der Waals surface area contributed by atoms with Crippen LogP contribution in [0.25, 0.3) is 0 Å². The van der Waals surface area contributed by atoms with Crippen LogP contribution in [-0.2, 0) is 13.1 Å². The maximum Gasteiger partial charge on any atom is 0.0950 e. The highest BCUT2D eigenvalue weighted by atomic mass is 32.2. The molecular weight excluding hydrogens is 569 g/mol. The number of rotatable bonds is 36. The lowest BCUT2D eigenvalue weighted by molar-refractivity contribution is 0.387. The summed E-state index contributed by atoms with van der Waals surface area (Å²) in [5, 5.41) is 1.01. The lowest BCUT2D eigenvalue weighted by Crippen LogP contribution is -2.14. The number of ether oxygens (including phenoxy) is 2. The molecule has 0 aromatic carbocycles. The van der Waals surface area contributed by atoms with Gasteiger partial charge in [0.15, 0.2) is 0 Å². The van der Waals surface area contributed by atoms with E-state index in [2.05, 4.69) is 13.8 Å². The Morgan fingerprint density at radius 3 is 0.884 bits per heavy atom. The first-order valence-corrected chi connectivity index (χ1v) is 21.2. The van der Waals surface area contributed by atoms with E-state index in [0.29, 0.717) is 22.7 Å². The topological polar surface area (TPSA) is 34.3 Å². The Hall–Kier alpha value is 0.580. The normalized spacial score (nSPS) is 19.1. The number of unbranched alkanes of at least 4 members (excludes halogenated alkanes) is 26. The molecule has 2 heterocycles. The van der Waals surface area contributed by atoms with E-state index in [1.165, 1.54) is 193 Å². The second kappa shape index (κ2) is 29.9. The Balaban J connectivity index is 1.37. The van der Waals surface area contributed by atoms with Gasteiger partial charge in [-0.25, -0.2) is 3.63 Å². The molecule has 2 aliphatic heterocycles. The van der Waals surface area contributed by atoms with Gasteiger partial charge in [-0.2, -0.15) is 0 Å². The summed E-state index contributed by atoms with van der Waals surface area (Å²) < 4.78 is 17.5. The molecule has 0 amide bonds. The fourth-order valence-electron chi connectivity index (χ4n) is 6.34. The first kappa shape index (κ1) is 39.8. The molecule has 0 N–H and O–H groups in total. The zero-order valence-corrected chi connectivity index (χ0v) is 30.6. The summed E-state index contributed by atoms with van der Waals surface area (Å²) in [6.07, 6.45) is 43.1. The molecule has 43 heavy (non-hydrogen) atoms. The predicted octanol–water partition coefficient (Wildman–Crippen LogP) is 13.6. The van der Waals surface area contributed by atoms with Gasteiger partial charge in [0.05, 0.1) is 35.9 Å². The summed E-state index contributed by atoms with van der Waals surface area (Å²) in [7, 11) is 0. The van der Waals surface area contributed by atoms with Crippen LogP contribution in [0.5, 0.6) is 0 Å². The number of hydrogen-bond acceptors (Lipinski definition) is 5. The van der Waals surface area contributed by atoms with Gasteiger partial charge >= 0.3 is 0 Å². The lowest BCUT2D eigenvalue weighted by Gasteiger charge is -2.16. The molecule has 4 atom stereocenters. The van der Waals surface area contributed by atoms with E-state index in [1.54, 1.807) is 24.1 Å². The minimum absolute atomic E-state index is 0.425. The van der Waals surface area contributed by atoms with E-state index in [1.807, 2.05) is 0 Å². The van der Waals surface area contributed by atoms with Crippen LogP contribution in [0.3, 0.4) is 0 Å². The second-order valence-corrected chi connectivity index (χ2v) is 16.0. The monoisotopic (exact) mass is 643 g/mol. The summed E-state index contributed by atoms with van der Waals surface area (Å²) in [5.41, 5.74) is 0. The summed E-state index contributed by atoms with van der Waals surface area (Å²) >= 11 is 3.39. The van der Waals surface area contributed by atoms with E-state index >= 15 is 0 Å². The van der Waals surface area contributed by atoms with Gasteiger partial charge in [-0.15, -0.1) is 0 Å². The van der Waals surface area contributed by atoms with Crippen molar-refractivity contribution in [2.24, 2.45) is 0 Å². The van der Waals surface area contributed by atoms with Gasteiger partial charge in [-0.1, -0.05) is 194 Å². The minimum Gasteiger partial charge on any atom is -0.372 e. The van der Waals surface area contributed by atoms with Crippen LogP contribution in [0.1, 0.15) is 206 Å². The molecule has 0 aromatic rings. The fraction of sp³-hybridized carbons (Fsp3) is 1.00. The Labute approximate surface area is 278 Å². The summed E-state index contributed by atoms with van der Waals surface area (Å²) in [6, 6.07) is 0. The third kappa shape index (κ3) is 25.4. The van der Waals surface area contributed by atoms with E-state index in [-0.39, 0.29) is 0 Å². The minimum atomic E-state index is 0.425. The predicted molar refractivity (Wildman–Crippen MR) is 193 cm³/mol. The molecule has 0 radical (unpaired) electrons. The number of epoxide rings is 2. The van der Waals surface area contributed by atoms with Crippen molar-refractivity contribution in [1.82, 2.24) is 0 Å². The summed E-state index contributed by atoms with van der Waals surface area (Å²) in [6.45, 7) is 6.46. The highest BCUT2D eigenvalue weighted by molar-refractivity contribution is 8.08. The van der Waals surface area contributed by atoms with Crippen molar-refractivity contribution in [2.45, 2.75) is 229 Å². The van der Waals surface area contributed by atoms with Crippen LogP contribution in [0, 0.1) is 0 Å².